The number of aliphatic hydroxyl groups excluding tert-OH is 1. The second-order valence-electron chi connectivity index (χ2n) is 4.13. The molecule has 4 heteroatoms. The largest absolute Gasteiger partial charge is 0.491 e. The number of hydrogen-bond acceptors (Lipinski definition) is 2. The normalized spacial score (nSPS) is 12.8. The lowest BCUT2D eigenvalue weighted by atomic mass is 10.3. The molecule has 0 aliphatic rings. The summed E-state index contributed by atoms with van der Waals surface area (Å²) < 4.78 is 6.49. The second-order valence-corrected chi connectivity index (χ2v) is 5.05. The van der Waals surface area contributed by atoms with Gasteiger partial charge in [0.15, 0.2) is 0 Å². The molecule has 0 amide bonds. The summed E-state index contributed by atoms with van der Waals surface area (Å²) in [5, 5.41) is 11.7. The smallest absolute Gasteiger partial charge is 0.137 e. The van der Waals surface area contributed by atoms with Crippen LogP contribution in [0.2, 0.25) is 0 Å². The van der Waals surface area contributed by atoms with Gasteiger partial charge in [0.2, 0.25) is 0 Å². The molecule has 1 rings (SSSR count). The van der Waals surface area contributed by atoms with Crippen LogP contribution >= 0.6 is 15.9 Å². The number of benzene rings is 1. The van der Waals surface area contributed by atoms with Crippen LogP contribution in [0, 0.1) is 0 Å². The quantitative estimate of drug-likeness (QED) is 0.825. The topological polar surface area (TPSA) is 46.1 Å². The summed E-state index contributed by atoms with van der Waals surface area (Å²) in [5.41, 5.74) is 0. The van der Waals surface area contributed by atoms with E-state index >= 15 is 0 Å². The van der Waals surface area contributed by atoms with Crippen LogP contribution in [-0.2, 0) is 0 Å². The van der Waals surface area contributed by atoms with Crippen molar-refractivity contribution >= 4 is 15.9 Å². The highest BCUT2D eigenvalue weighted by molar-refractivity contribution is 9.10. The van der Waals surface area contributed by atoms with Gasteiger partial charge in [-0.2, -0.15) is 0 Å². The van der Waals surface area contributed by atoms with E-state index in [1.54, 1.807) is 0 Å². The highest BCUT2D eigenvalue weighted by Crippen LogP contribution is 2.15. The van der Waals surface area contributed by atoms with E-state index in [2.05, 4.69) is 35.1 Å². The minimum Gasteiger partial charge on any atom is -0.491 e. The third-order valence-electron chi connectivity index (χ3n) is 2.14. The third kappa shape index (κ3) is 5.49. The summed E-state index contributed by atoms with van der Waals surface area (Å²) in [7, 11) is 0. The van der Waals surface area contributed by atoms with Crippen LogP contribution in [0.15, 0.2) is 28.7 Å². The maximum atomic E-state index is 9.65. The van der Waals surface area contributed by atoms with Crippen molar-refractivity contribution in [3.8, 4) is 5.75 Å². The second kappa shape index (κ2) is 6.89. The van der Waals surface area contributed by atoms with E-state index in [1.165, 1.54) is 0 Å². The van der Waals surface area contributed by atoms with Gasteiger partial charge in [-0.1, -0.05) is 15.9 Å². The maximum absolute atomic E-state index is 9.65. The van der Waals surface area contributed by atoms with Crippen LogP contribution in [0.1, 0.15) is 13.8 Å². The van der Waals surface area contributed by atoms with E-state index < -0.39 is 6.10 Å². The van der Waals surface area contributed by atoms with Gasteiger partial charge in [-0.05, 0) is 38.1 Å². The van der Waals surface area contributed by atoms with E-state index in [0.717, 1.165) is 10.2 Å². The molecule has 3 nitrogen and oxygen atoms in total. The van der Waals surface area contributed by atoms with E-state index in [9.17, 15) is 5.11 Å². The minimum atomic E-state index is -0.425. The molecular formula is C12H19BrNO2+. The number of rotatable bonds is 6. The van der Waals surface area contributed by atoms with E-state index in [1.807, 2.05) is 24.3 Å². The van der Waals surface area contributed by atoms with Gasteiger partial charge in [0.1, 0.15) is 25.0 Å². The summed E-state index contributed by atoms with van der Waals surface area (Å²) in [6.45, 7) is 5.21. The third-order valence-corrected chi connectivity index (χ3v) is 2.66. The van der Waals surface area contributed by atoms with Gasteiger partial charge in [-0.15, -0.1) is 0 Å². The van der Waals surface area contributed by atoms with Gasteiger partial charge in [0, 0.05) is 4.47 Å². The molecule has 0 aliphatic heterocycles. The van der Waals surface area contributed by atoms with E-state index in [0.29, 0.717) is 19.2 Å². The summed E-state index contributed by atoms with van der Waals surface area (Å²) in [5.74, 6) is 0.784. The van der Waals surface area contributed by atoms with Crippen molar-refractivity contribution < 1.29 is 15.2 Å². The van der Waals surface area contributed by atoms with Crippen LogP contribution < -0.4 is 10.1 Å². The maximum Gasteiger partial charge on any atom is 0.137 e. The first-order chi connectivity index (χ1) is 7.58. The number of quaternary nitrogens is 1. The SMILES string of the molecule is CC(C)[NH2+]C[C@H](O)COc1ccc(Br)cc1. The monoisotopic (exact) mass is 288 g/mol. The van der Waals surface area contributed by atoms with Crippen LogP contribution in [0.5, 0.6) is 5.75 Å². The Labute approximate surface area is 105 Å². The average molecular weight is 289 g/mol. The Hall–Kier alpha value is -0.580. The Morgan fingerprint density at radius 3 is 2.50 bits per heavy atom. The Morgan fingerprint density at radius 1 is 1.31 bits per heavy atom. The van der Waals surface area contributed by atoms with E-state index in [-0.39, 0.29) is 0 Å². The molecule has 0 unspecified atom stereocenters. The molecule has 1 aromatic rings. The molecule has 0 aliphatic carbocycles. The number of aliphatic hydroxyl groups is 1. The number of halogens is 1. The molecule has 0 radical (unpaired) electrons. The van der Waals surface area contributed by atoms with Crippen molar-refractivity contribution in [2.75, 3.05) is 13.2 Å². The summed E-state index contributed by atoms with van der Waals surface area (Å²) in [6.07, 6.45) is -0.425. The average Bonchev–Trinajstić information content (AvgIpc) is 2.25. The molecule has 3 N–H and O–H groups in total. The van der Waals surface area contributed by atoms with Crippen molar-refractivity contribution in [2.24, 2.45) is 0 Å². The van der Waals surface area contributed by atoms with Gasteiger partial charge in [-0.3, -0.25) is 0 Å². The van der Waals surface area contributed by atoms with Crippen molar-refractivity contribution in [2.45, 2.75) is 26.0 Å². The van der Waals surface area contributed by atoms with Crippen molar-refractivity contribution in [1.82, 2.24) is 0 Å². The molecule has 16 heavy (non-hydrogen) atoms. The summed E-state index contributed by atoms with van der Waals surface area (Å²) >= 11 is 3.36. The van der Waals surface area contributed by atoms with Gasteiger partial charge in [0.05, 0.1) is 6.04 Å². The Balaban J connectivity index is 2.26. The van der Waals surface area contributed by atoms with Gasteiger partial charge in [0.25, 0.3) is 0 Å². The van der Waals surface area contributed by atoms with Crippen LogP contribution in [-0.4, -0.2) is 30.4 Å². The molecule has 0 aromatic heterocycles. The fourth-order valence-electron chi connectivity index (χ4n) is 1.22. The molecule has 1 atom stereocenters. The number of hydrogen-bond donors (Lipinski definition) is 2. The summed E-state index contributed by atoms with van der Waals surface area (Å²) in [4.78, 5) is 0. The zero-order valence-corrected chi connectivity index (χ0v) is 11.3. The first-order valence-electron chi connectivity index (χ1n) is 5.47. The number of ether oxygens (including phenoxy) is 1. The molecule has 0 saturated carbocycles. The van der Waals surface area contributed by atoms with Crippen molar-refractivity contribution in [3.63, 3.8) is 0 Å². The lowest BCUT2D eigenvalue weighted by Gasteiger charge is -2.12. The summed E-state index contributed by atoms with van der Waals surface area (Å²) in [6, 6.07) is 8.10. The molecule has 0 heterocycles. The lowest BCUT2D eigenvalue weighted by Crippen LogP contribution is -2.90. The zero-order chi connectivity index (χ0) is 12.0. The van der Waals surface area contributed by atoms with E-state index in [4.69, 9.17) is 4.74 Å². The highest BCUT2D eigenvalue weighted by atomic mass is 79.9. The van der Waals surface area contributed by atoms with Crippen molar-refractivity contribution in [3.05, 3.63) is 28.7 Å². The molecule has 90 valence electrons. The Bertz CT molecular complexity index is 300. The first-order valence-corrected chi connectivity index (χ1v) is 6.27. The number of nitrogens with two attached hydrogens (primary N) is 1. The Morgan fingerprint density at radius 2 is 1.94 bits per heavy atom. The molecular weight excluding hydrogens is 270 g/mol. The zero-order valence-electron chi connectivity index (χ0n) is 9.69. The van der Waals surface area contributed by atoms with Crippen LogP contribution in [0.4, 0.5) is 0 Å². The molecule has 1 aromatic carbocycles. The van der Waals surface area contributed by atoms with Crippen LogP contribution in [0.3, 0.4) is 0 Å². The lowest BCUT2D eigenvalue weighted by molar-refractivity contribution is -0.688. The van der Waals surface area contributed by atoms with Crippen molar-refractivity contribution in [1.29, 1.82) is 0 Å². The Kier molecular flexibility index (Phi) is 5.80. The first kappa shape index (κ1) is 13.5. The predicted octanol–water partition coefficient (Wildman–Crippen LogP) is 1.16. The fourth-order valence-corrected chi connectivity index (χ4v) is 1.48. The standard InChI is InChI=1S/C12H18BrNO2/c1-9(2)14-7-11(15)8-16-12-5-3-10(13)4-6-12/h3-6,9,11,14-15H,7-8H2,1-2H3/p+1/t11-/m0/s1. The fraction of sp³-hybridized carbons (Fsp3) is 0.500. The van der Waals surface area contributed by atoms with Crippen LogP contribution in [0.25, 0.3) is 0 Å². The molecule has 0 saturated heterocycles. The molecule has 0 spiro atoms. The molecule has 0 fully saturated rings. The minimum absolute atomic E-state index is 0.338. The highest BCUT2D eigenvalue weighted by Gasteiger charge is 2.08. The molecule has 0 bridgehead atoms. The predicted molar refractivity (Wildman–Crippen MR) is 67.6 cm³/mol. The van der Waals surface area contributed by atoms with Gasteiger partial charge >= 0.3 is 0 Å². The van der Waals surface area contributed by atoms with Gasteiger partial charge in [-0.25, -0.2) is 0 Å². The van der Waals surface area contributed by atoms with Gasteiger partial charge < -0.3 is 15.2 Å².